The zero-order chi connectivity index (χ0) is 18.0. The Morgan fingerprint density at radius 2 is 1.60 bits per heavy atom. The summed E-state index contributed by atoms with van der Waals surface area (Å²) in [5, 5.41) is 25.3. The highest BCUT2D eigenvalue weighted by Crippen LogP contribution is 2.32. The Bertz CT molecular complexity index is 980. The molecule has 0 saturated carbocycles. The van der Waals surface area contributed by atoms with Gasteiger partial charge in [0.15, 0.2) is 0 Å². The maximum Gasteiger partial charge on any atom is 0.275 e. The van der Waals surface area contributed by atoms with Crippen molar-refractivity contribution in [3.63, 3.8) is 0 Å². The van der Waals surface area contributed by atoms with Crippen molar-refractivity contribution in [2.75, 3.05) is 0 Å². The molecule has 3 aromatic rings. The van der Waals surface area contributed by atoms with E-state index in [0.29, 0.717) is 14.5 Å². The Kier molecular flexibility index (Phi) is 5.06. The highest BCUT2D eigenvalue weighted by Gasteiger charge is 2.12. The third-order valence-corrected chi connectivity index (χ3v) is 4.74. The first-order valence-electron chi connectivity index (χ1n) is 7.19. The molecule has 0 aliphatic heterocycles. The van der Waals surface area contributed by atoms with Gasteiger partial charge in [-0.3, -0.25) is 4.79 Å². The first-order valence-corrected chi connectivity index (χ1v) is 8.77. The molecule has 3 rings (SSSR count). The van der Waals surface area contributed by atoms with Crippen LogP contribution in [0.15, 0.2) is 62.6 Å². The molecule has 0 fully saturated rings. The van der Waals surface area contributed by atoms with E-state index in [4.69, 9.17) is 0 Å². The van der Waals surface area contributed by atoms with Crippen molar-refractivity contribution < 1.29 is 15.0 Å². The van der Waals surface area contributed by atoms with E-state index in [-0.39, 0.29) is 17.1 Å². The average molecular weight is 464 g/mol. The summed E-state index contributed by atoms with van der Waals surface area (Å²) in [6.07, 6.45) is 1.44. The van der Waals surface area contributed by atoms with Crippen molar-refractivity contribution in [2.24, 2.45) is 5.10 Å². The number of amides is 1. The van der Waals surface area contributed by atoms with Crippen LogP contribution in [0.4, 0.5) is 0 Å². The quantitative estimate of drug-likeness (QED) is 0.394. The van der Waals surface area contributed by atoms with E-state index >= 15 is 0 Å². The molecule has 0 atom stereocenters. The molecule has 126 valence electrons. The number of rotatable bonds is 3. The van der Waals surface area contributed by atoms with Crippen LogP contribution in [0.25, 0.3) is 10.8 Å². The second-order valence-electron chi connectivity index (χ2n) is 5.25. The molecule has 0 radical (unpaired) electrons. The third-order valence-electron chi connectivity index (χ3n) is 3.53. The van der Waals surface area contributed by atoms with Gasteiger partial charge in [0.2, 0.25) is 0 Å². The summed E-state index contributed by atoms with van der Waals surface area (Å²) in [5.41, 5.74) is 3.19. The number of halogens is 2. The van der Waals surface area contributed by atoms with E-state index in [2.05, 4.69) is 42.4 Å². The standard InChI is InChI=1S/C18H12Br2N2O3/c19-14-5-10(6-15(20)17(14)24)9-21-22-18(25)13-7-11-3-1-2-4-12(11)8-16(13)23/h1-9,23-24H,(H,22,25). The lowest BCUT2D eigenvalue weighted by Crippen LogP contribution is -2.17. The molecule has 3 N–H and O–H groups in total. The normalized spacial score (nSPS) is 11.1. The smallest absolute Gasteiger partial charge is 0.275 e. The number of nitrogens with zero attached hydrogens (tertiary/aromatic N) is 1. The largest absolute Gasteiger partial charge is 0.507 e. The molecule has 7 heteroatoms. The number of hydrogen-bond acceptors (Lipinski definition) is 4. The van der Waals surface area contributed by atoms with Gasteiger partial charge in [0.25, 0.3) is 5.91 Å². The van der Waals surface area contributed by atoms with Crippen LogP contribution in [0.3, 0.4) is 0 Å². The molecule has 5 nitrogen and oxygen atoms in total. The third kappa shape index (κ3) is 3.83. The predicted molar refractivity (Wildman–Crippen MR) is 104 cm³/mol. The van der Waals surface area contributed by atoms with Crippen LogP contribution in [0.1, 0.15) is 15.9 Å². The zero-order valence-corrected chi connectivity index (χ0v) is 15.9. The van der Waals surface area contributed by atoms with Crippen LogP contribution >= 0.6 is 31.9 Å². The number of aromatic hydroxyl groups is 2. The van der Waals surface area contributed by atoms with Crippen molar-refractivity contribution in [1.29, 1.82) is 0 Å². The summed E-state index contributed by atoms with van der Waals surface area (Å²) >= 11 is 6.45. The number of phenols is 2. The predicted octanol–water partition coefficient (Wildman–Crippen LogP) is 4.54. The molecule has 0 heterocycles. The topological polar surface area (TPSA) is 81.9 Å². The van der Waals surface area contributed by atoms with E-state index in [0.717, 1.165) is 10.8 Å². The summed E-state index contributed by atoms with van der Waals surface area (Å²) in [6, 6.07) is 13.9. The van der Waals surface area contributed by atoms with Gasteiger partial charge in [0.1, 0.15) is 11.5 Å². The minimum absolute atomic E-state index is 0.0854. The van der Waals surface area contributed by atoms with E-state index < -0.39 is 5.91 Å². The molecule has 1 amide bonds. The van der Waals surface area contributed by atoms with Crippen molar-refractivity contribution in [2.45, 2.75) is 0 Å². The van der Waals surface area contributed by atoms with Gasteiger partial charge in [0.05, 0.1) is 20.7 Å². The summed E-state index contributed by atoms with van der Waals surface area (Å²) in [6.45, 7) is 0. The van der Waals surface area contributed by atoms with Gasteiger partial charge in [-0.05, 0) is 72.5 Å². The highest BCUT2D eigenvalue weighted by atomic mass is 79.9. The van der Waals surface area contributed by atoms with Crippen LogP contribution in [-0.2, 0) is 0 Å². The first kappa shape index (κ1) is 17.4. The lowest BCUT2D eigenvalue weighted by Gasteiger charge is -2.06. The monoisotopic (exact) mass is 462 g/mol. The minimum Gasteiger partial charge on any atom is -0.507 e. The Balaban J connectivity index is 1.80. The summed E-state index contributed by atoms with van der Waals surface area (Å²) in [5.74, 6) is -0.541. The molecular formula is C18H12Br2N2O3. The fraction of sp³-hybridized carbons (Fsp3) is 0. The number of carbonyl (C=O) groups excluding carboxylic acids is 1. The maximum atomic E-state index is 12.2. The summed E-state index contributed by atoms with van der Waals surface area (Å²) in [4.78, 5) is 12.2. The molecule has 0 spiro atoms. The van der Waals surface area contributed by atoms with Gasteiger partial charge in [-0.2, -0.15) is 5.10 Å². The number of fused-ring (bicyclic) bond motifs is 1. The first-order chi connectivity index (χ1) is 12.0. The van der Waals surface area contributed by atoms with Gasteiger partial charge in [-0.15, -0.1) is 0 Å². The van der Waals surface area contributed by atoms with E-state index in [1.54, 1.807) is 24.3 Å². The second kappa shape index (κ2) is 7.25. The van der Waals surface area contributed by atoms with Crippen molar-refractivity contribution in [3.8, 4) is 11.5 Å². The molecule has 3 aromatic carbocycles. The van der Waals surface area contributed by atoms with Crippen LogP contribution < -0.4 is 5.43 Å². The van der Waals surface area contributed by atoms with E-state index in [9.17, 15) is 15.0 Å². The molecule has 0 aromatic heterocycles. The molecule has 0 aliphatic rings. The van der Waals surface area contributed by atoms with E-state index in [1.165, 1.54) is 6.21 Å². The Morgan fingerprint density at radius 1 is 1.00 bits per heavy atom. The Labute approximate surface area is 160 Å². The SMILES string of the molecule is O=C(NN=Cc1cc(Br)c(O)c(Br)c1)c1cc2ccccc2cc1O. The molecule has 0 aliphatic carbocycles. The number of phenolic OH excluding ortho intramolecular Hbond substituents is 2. The fourth-order valence-electron chi connectivity index (χ4n) is 2.30. The van der Waals surface area contributed by atoms with Gasteiger partial charge >= 0.3 is 0 Å². The second-order valence-corrected chi connectivity index (χ2v) is 6.96. The van der Waals surface area contributed by atoms with Crippen LogP contribution in [0.2, 0.25) is 0 Å². The number of benzene rings is 3. The van der Waals surface area contributed by atoms with E-state index in [1.807, 2.05) is 24.3 Å². The summed E-state index contributed by atoms with van der Waals surface area (Å²) < 4.78 is 1.00. The zero-order valence-electron chi connectivity index (χ0n) is 12.7. The lowest BCUT2D eigenvalue weighted by atomic mass is 10.1. The minimum atomic E-state index is -0.517. The molecule has 0 saturated heterocycles. The number of carbonyl (C=O) groups is 1. The van der Waals surface area contributed by atoms with Gasteiger partial charge in [-0.25, -0.2) is 5.43 Å². The van der Waals surface area contributed by atoms with Crippen LogP contribution in [0, 0.1) is 0 Å². The van der Waals surface area contributed by atoms with Crippen molar-refractivity contribution in [3.05, 3.63) is 68.6 Å². The van der Waals surface area contributed by atoms with Gasteiger partial charge in [-0.1, -0.05) is 24.3 Å². The number of hydrogen-bond donors (Lipinski definition) is 3. The fourth-order valence-corrected chi connectivity index (χ4v) is 3.52. The molecule has 25 heavy (non-hydrogen) atoms. The molecular weight excluding hydrogens is 452 g/mol. The number of nitrogens with one attached hydrogen (secondary N) is 1. The van der Waals surface area contributed by atoms with Crippen LogP contribution in [0.5, 0.6) is 11.5 Å². The Morgan fingerprint density at radius 3 is 2.24 bits per heavy atom. The number of hydrazone groups is 1. The van der Waals surface area contributed by atoms with Crippen molar-refractivity contribution in [1.82, 2.24) is 5.43 Å². The van der Waals surface area contributed by atoms with Gasteiger partial charge < -0.3 is 10.2 Å². The lowest BCUT2D eigenvalue weighted by molar-refractivity contribution is 0.0952. The Hall–Kier alpha value is -2.38. The average Bonchev–Trinajstić information content (AvgIpc) is 2.58. The molecule has 0 bridgehead atoms. The van der Waals surface area contributed by atoms with Gasteiger partial charge in [0, 0.05) is 0 Å². The highest BCUT2D eigenvalue weighted by molar-refractivity contribution is 9.11. The van der Waals surface area contributed by atoms with Crippen molar-refractivity contribution >= 4 is 54.8 Å². The van der Waals surface area contributed by atoms with Crippen LogP contribution in [-0.4, -0.2) is 22.3 Å². The maximum absolute atomic E-state index is 12.2. The molecule has 0 unspecified atom stereocenters. The summed E-state index contributed by atoms with van der Waals surface area (Å²) in [7, 11) is 0.